The number of carbonyl (C=O) groups is 3. The predicted molar refractivity (Wildman–Crippen MR) is 116 cm³/mol. The lowest BCUT2D eigenvalue weighted by Gasteiger charge is -2.40. The van der Waals surface area contributed by atoms with Gasteiger partial charge in [-0.05, 0) is 71.0 Å². The maximum atomic E-state index is 12.6. The number of hydrogen-bond acceptors (Lipinski definition) is 7. The van der Waals surface area contributed by atoms with Crippen molar-refractivity contribution in [2.24, 2.45) is 0 Å². The fraction of sp³-hybridized carbons (Fsp3) is 0.609. The van der Waals surface area contributed by atoms with E-state index in [0.29, 0.717) is 30.4 Å². The van der Waals surface area contributed by atoms with Gasteiger partial charge in [-0.2, -0.15) is 0 Å². The van der Waals surface area contributed by atoms with Crippen LogP contribution >= 0.6 is 0 Å². The molecule has 0 atom stereocenters. The number of esters is 1. The molecule has 0 aromatic heterocycles. The lowest BCUT2D eigenvalue weighted by Crippen LogP contribution is -2.56. The van der Waals surface area contributed by atoms with Crippen LogP contribution in [-0.2, 0) is 14.3 Å². The first-order valence-corrected chi connectivity index (χ1v) is 10.9. The molecule has 1 aromatic carbocycles. The maximum Gasteiger partial charge on any atom is 0.344 e. The van der Waals surface area contributed by atoms with Crippen molar-refractivity contribution in [2.45, 2.75) is 45.3 Å². The molecule has 2 saturated heterocycles. The monoisotopic (exact) mass is 431 g/mol. The number of rotatable bonds is 7. The summed E-state index contributed by atoms with van der Waals surface area (Å²) in [5, 5.41) is 3.35. The summed E-state index contributed by atoms with van der Waals surface area (Å²) >= 11 is 0. The van der Waals surface area contributed by atoms with E-state index in [9.17, 15) is 14.4 Å². The molecule has 2 fully saturated rings. The van der Waals surface area contributed by atoms with Gasteiger partial charge in [-0.25, -0.2) is 4.79 Å². The third-order valence-electron chi connectivity index (χ3n) is 5.46. The quantitative estimate of drug-likeness (QED) is 0.517. The molecule has 8 heteroatoms. The minimum absolute atomic E-state index is 0.00967. The van der Waals surface area contributed by atoms with Gasteiger partial charge in [-0.15, -0.1) is 0 Å². The highest BCUT2D eigenvalue weighted by molar-refractivity contribution is 5.99. The second kappa shape index (κ2) is 10.2. The minimum Gasteiger partial charge on any atom is -0.482 e. The number of Topliss-reactive ketones (excluding diaryl/α,β-unsaturated/α-hetero) is 1. The Hall–Kier alpha value is -2.45. The number of carbonyl (C=O) groups excluding carboxylic acids is 3. The zero-order valence-corrected chi connectivity index (χ0v) is 18.7. The van der Waals surface area contributed by atoms with Crippen LogP contribution in [0.4, 0.5) is 0 Å². The Labute approximate surface area is 183 Å². The number of ether oxygens (including phenoxy) is 2. The Morgan fingerprint density at radius 2 is 1.77 bits per heavy atom. The number of nitrogens with zero attached hydrogens (tertiary/aromatic N) is 2. The molecule has 0 spiro atoms. The molecule has 8 nitrogen and oxygen atoms in total. The molecule has 0 bridgehead atoms. The molecule has 31 heavy (non-hydrogen) atoms. The number of ketones is 1. The average Bonchev–Trinajstić information content (AvgIpc) is 2.73. The predicted octanol–water partition coefficient (Wildman–Crippen LogP) is 1.49. The topological polar surface area (TPSA) is 88.2 Å². The molecule has 170 valence electrons. The van der Waals surface area contributed by atoms with E-state index in [1.807, 2.05) is 0 Å². The molecular formula is C23H33N3O5. The van der Waals surface area contributed by atoms with E-state index in [0.717, 1.165) is 32.5 Å². The number of amides is 1. The molecule has 2 aliphatic heterocycles. The van der Waals surface area contributed by atoms with Crippen LogP contribution in [0.25, 0.3) is 0 Å². The number of nitrogens with one attached hydrogen (secondary N) is 1. The normalized spacial score (nSPS) is 18.7. The van der Waals surface area contributed by atoms with Gasteiger partial charge in [0.25, 0.3) is 0 Å². The van der Waals surface area contributed by atoms with Crippen LogP contribution in [0.5, 0.6) is 5.75 Å². The van der Waals surface area contributed by atoms with E-state index in [1.54, 1.807) is 49.9 Å². The number of benzene rings is 1. The summed E-state index contributed by atoms with van der Waals surface area (Å²) < 4.78 is 10.6. The van der Waals surface area contributed by atoms with Crippen molar-refractivity contribution in [1.82, 2.24) is 15.1 Å². The standard InChI is InChI=1S/C23H33N3O5/c1-23(2,3)31-22(29)16-30-19-6-4-17(5-7-19)20(27)14-26-13-12-25(15-21(26)28)18-8-10-24-11-9-18/h4-7,18,24H,8-16H2,1-3H3. The lowest BCUT2D eigenvalue weighted by atomic mass is 10.0. The second-order valence-electron chi connectivity index (χ2n) is 9.09. The molecule has 1 amide bonds. The van der Waals surface area contributed by atoms with Crippen LogP contribution in [0, 0.1) is 0 Å². The molecule has 0 aliphatic carbocycles. The first-order chi connectivity index (χ1) is 14.7. The summed E-state index contributed by atoms with van der Waals surface area (Å²) in [6.45, 7) is 9.03. The van der Waals surface area contributed by atoms with E-state index >= 15 is 0 Å². The van der Waals surface area contributed by atoms with Gasteiger partial charge in [-0.1, -0.05) is 0 Å². The summed E-state index contributed by atoms with van der Waals surface area (Å²) in [4.78, 5) is 40.8. The van der Waals surface area contributed by atoms with Crippen molar-refractivity contribution in [3.05, 3.63) is 29.8 Å². The summed E-state index contributed by atoms with van der Waals surface area (Å²) in [5.41, 5.74) is -0.0500. The van der Waals surface area contributed by atoms with Gasteiger partial charge in [0.2, 0.25) is 5.91 Å². The molecule has 0 unspecified atom stereocenters. The Balaban J connectivity index is 1.46. The smallest absolute Gasteiger partial charge is 0.344 e. The summed E-state index contributed by atoms with van der Waals surface area (Å²) in [6, 6.07) is 7.06. The highest BCUT2D eigenvalue weighted by Crippen LogP contribution is 2.17. The van der Waals surface area contributed by atoms with Crippen LogP contribution in [-0.4, -0.2) is 85.0 Å². The van der Waals surface area contributed by atoms with E-state index in [1.165, 1.54) is 0 Å². The van der Waals surface area contributed by atoms with Crippen LogP contribution in [0.2, 0.25) is 0 Å². The van der Waals surface area contributed by atoms with Crippen molar-refractivity contribution in [1.29, 1.82) is 0 Å². The van der Waals surface area contributed by atoms with Crippen LogP contribution in [0.15, 0.2) is 24.3 Å². The molecule has 2 heterocycles. The molecule has 3 rings (SSSR count). The van der Waals surface area contributed by atoms with Crippen molar-refractivity contribution < 1.29 is 23.9 Å². The zero-order chi connectivity index (χ0) is 22.4. The largest absolute Gasteiger partial charge is 0.482 e. The van der Waals surface area contributed by atoms with Crippen molar-refractivity contribution in [3.8, 4) is 5.75 Å². The summed E-state index contributed by atoms with van der Waals surface area (Å²) in [7, 11) is 0. The molecule has 1 N–H and O–H groups in total. The van der Waals surface area contributed by atoms with E-state index in [2.05, 4.69) is 10.2 Å². The van der Waals surface area contributed by atoms with Gasteiger partial charge in [0, 0.05) is 24.7 Å². The summed E-state index contributed by atoms with van der Waals surface area (Å²) in [5.74, 6) is -0.0679. The Morgan fingerprint density at radius 1 is 1.10 bits per heavy atom. The second-order valence-corrected chi connectivity index (χ2v) is 9.09. The average molecular weight is 432 g/mol. The number of hydrogen-bond donors (Lipinski definition) is 1. The molecule has 2 aliphatic rings. The molecular weight excluding hydrogens is 398 g/mol. The maximum absolute atomic E-state index is 12.6. The Morgan fingerprint density at radius 3 is 2.39 bits per heavy atom. The van der Waals surface area contributed by atoms with Gasteiger partial charge in [0.1, 0.15) is 11.4 Å². The van der Waals surface area contributed by atoms with Crippen molar-refractivity contribution >= 4 is 17.7 Å². The highest BCUT2D eigenvalue weighted by atomic mass is 16.6. The van der Waals surface area contributed by atoms with Gasteiger partial charge in [-0.3, -0.25) is 14.5 Å². The van der Waals surface area contributed by atoms with Gasteiger partial charge < -0.3 is 19.7 Å². The lowest BCUT2D eigenvalue weighted by molar-refractivity contribution is -0.157. The zero-order valence-electron chi connectivity index (χ0n) is 18.7. The van der Waals surface area contributed by atoms with Crippen molar-refractivity contribution in [2.75, 3.05) is 45.9 Å². The first kappa shape index (κ1) is 23.2. The fourth-order valence-electron chi connectivity index (χ4n) is 3.89. The van der Waals surface area contributed by atoms with Crippen molar-refractivity contribution in [3.63, 3.8) is 0 Å². The van der Waals surface area contributed by atoms with Gasteiger partial charge in [0.15, 0.2) is 12.4 Å². The van der Waals surface area contributed by atoms with E-state index < -0.39 is 11.6 Å². The Bertz CT molecular complexity index is 781. The number of piperidine rings is 1. The molecule has 1 aromatic rings. The van der Waals surface area contributed by atoms with Gasteiger partial charge >= 0.3 is 5.97 Å². The Kier molecular flexibility index (Phi) is 7.67. The SMILES string of the molecule is CC(C)(C)OC(=O)COc1ccc(C(=O)CN2CCN(C3CCNCC3)CC2=O)cc1. The van der Waals surface area contributed by atoms with Crippen LogP contribution in [0.3, 0.4) is 0 Å². The molecule has 0 radical (unpaired) electrons. The third kappa shape index (κ3) is 7.04. The minimum atomic E-state index is -0.562. The van der Waals surface area contributed by atoms with Crippen LogP contribution in [0.1, 0.15) is 44.0 Å². The van der Waals surface area contributed by atoms with E-state index in [4.69, 9.17) is 9.47 Å². The van der Waals surface area contributed by atoms with E-state index in [-0.39, 0.29) is 24.8 Å². The summed E-state index contributed by atoms with van der Waals surface area (Å²) in [6.07, 6.45) is 2.13. The fourth-order valence-corrected chi connectivity index (χ4v) is 3.89. The van der Waals surface area contributed by atoms with Gasteiger partial charge in [0.05, 0.1) is 13.1 Å². The van der Waals surface area contributed by atoms with Crippen LogP contribution < -0.4 is 10.1 Å². The first-order valence-electron chi connectivity index (χ1n) is 10.9. The molecule has 0 saturated carbocycles. The highest BCUT2D eigenvalue weighted by Gasteiger charge is 2.30. The third-order valence-corrected chi connectivity index (χ3v) is 5.46. The number of piperazine rings is 1.